The van der Waals surface area contributed by atoms with Crippen molar-refractivity contribution in [3.05, 3.63) is 29.8 Å². The Kier molecular flexibility index (Phi) is 4.02. The summed E-state index contributed by atoms with van der Waals surface area (Å²) in [6.45, 7) is 4.46. The molecule has 2 rings (SSSR count). The Bertz CT molecular complexity index is 384. The number of nitrogens with zero attached hydrogens (tertiary/aromatic N) is 1. The second-order valence-electron chi connectivity index (χ2n) is 4.59. The van der Waals surface area contributed by atoms with Crippen LogP contribution in [0.1, 0.15) is 31.7 Å². The third-order valence-electron chi connectivity index (χ3n) is 3.22. The van der Waals surface area contributed by atoms with E-state index in [0.29, 0.717) is 6.54 Å². The van der Waals surface area contributed by atoms with Gasteiger partial charge in [0.05, 0.1) is 0 Å². The second-order valence-corrected chi connectivity index (χ2v) is 4.59. The normalized spacial score (nSPS) is 15.7. The second kappa shape index (κ2) is 5.71. The summed E-state index contributed by atoms with van der Waals surface area (Å²) < 4.78 is 0. The highest BCUT2D eigenvalue weighted by atomic mass is 16.1. The summed E-state index contributed by atoms with van der Waals surface area (Å²) in [4.78, 5) is 13.4. The number of amides is 1. The lowest BCUT2D eigenvalue weighted by Crippen LogP contribution is -2.31. The molecule has 0 radical (unpaired) electrons. The molecule has 1 saturated heterocycles. The highest BCUT2D eigenvalue weighted by Gasteiger charge is 2.13. The summed E-state index contributed by atoms with van der Waals surface area (Å²) >= 11 is 0. The average molecular weight is 232 g/mol. The number of hydrogen-bond donors (Lipinski definition) is 1. The molecule has 1 heterocycles. The van der Waals surface area contributed by atoms with Gasteiger partial charge in [0.25, 0.3) is 0 Å². The molecule has 0 aliphatic carbocycles. The monoisotopic (exact) mass is 232 g/mol. The minimum atomic E-state index is 0.0263. The van der Waals surface area contributed by atoms with Crippen molar-refractivity contribution in [2.75, 3.05) is 18.0 Å². The Labute approximate surface area is 103 Å². The molecule has 0 unspecified atom stereocenters. The van der Waals surface area contributed by atoms with E-state index in [9.17, 15) is 4.79 Å². The van der Waals surface area contributed by atoms with Gasteiger partial charge < -0.3 is 10.2 Å². The van der Waals surface area contributed by atoms with Crippen LogP contribution >= 0.6 is 0 Å². The van der Waals surface area contributed by atoms with Crippen LogP contribution in [0, 0.1) is 0 Å². The first-order valence-electron chi connectivity index (χ1n) is 6.34. The minimum absolute atomic E-state index is 0.0263. The number of anilines is 1. The summed E-state index contributed by atoms with van der Waals surface area (Å²) in [5, 5.41) is 2.88. The smallest absolute Gasteiger partial charge is 0.217 e. The number of carbonyl (C=O) groups is 1. The fourth-order valence-electron chi connectivity index (χ4n) is 2.32. The molecule has 3 heteroatoms. The van der Waals surface area contributed by atoms with Gasteiger partial charge in [-0.2, -0.15) is 0 Å². The number of nitrogens with one attached hydrogen (secondary N) is 1. The molecule has 1 aliphatic rings. The number of rotatable bonds is 3. The van der Waals surface area contributed by atoms with Crippen LogP contribution in [0.2, 0.25) is 0 Å². The Morgan fingerprint density at radius 1 is 1.24 bits per heavy atom. The van der Waals surface area contributed by atoms with E-state index in [0.717, 1.165) is 13.1 Å². The molecule has 1 aromatic carbocycles. The molecular formula is C14H20N2O. The molecule has 0 spiro atoms. The molecule has 1 N–H and O–H groups in total. The van der Waals surface area contributed by atoms with Gasteiger partial charge >= 0.3 is 0 Å². The molecule has 0 bridgehead atoms. The molecular weight excluding hydrogens is 212 g/mol. The van der Waals surface area contributed by atoms with Crippen LogP contribution in [-0.4, -0.2) is 19.0 Å². The van der Waals surface area contributed by atoms with Crippen LogP contribution in [0.4, 0.5) is 5.69 Å². The molecule has 0 aromatic heterocycles. The minimum Gasteiger partial charge on any atom is -0.371 e. The first kappa shape index (κ1) is 12.0. The molecule has 1 aliphatic heterocycles. The zero-order valence-electron chi connectivity index (χ0n) is 10.4. The lowest BCUT2D eigenvalue weighted by Gasteiger charge is -2.30. The van der Waals surface area contributed by atoms with Crippen molar-refractivity contribution in [3.8, 4) is 0 Å². The largest absolute Gasteiger partial charge is 0.371 e. The number of para-hydroxylation sites is 1. The van der Waals surface area contributed by atoms with E-state index in [1.54, 1.807) is 6.92 Å². The van der Waals surface area contributed by atoms with E-state index < -0.39 is 0 Å². The summed E-state index contributed by atoms with van der Waals surface area (Å²) in [5.41, 5.74) is 2.49. The van der Waals surface area contributed by atoms with Crippen LogP contribution in [0.5, 0.6) is 0 Å². The fourth-order valence-corrected chi connectivity index (χ4v) is 2.32. The molecule has 0 saturated carbocycles. The molecule has 1 amide bonds. The maximum atomic E-state index is 11.0. The van der Waals surface area contributed by atoms with Crippen molar-refractivity contribution in [2.24, 2.45) is 0 Å². The van der Waals surface area contributed by atoms with E-state index in [4.69, 9.17) is 0 Å². The summed E-state index contributed by atoms with van der Waals surface area (Å²) in [7, 11) is 0. The highest BCUT2D eigenvalue weighted by molar-refractivity contribution is 5.73. The van der Waals surface area contributed by atoms with Gasteiger partial charge in [-0.1, -0.05) is 18.2 Å². The van der Waals surface area contributed by atoms with Gasteiger partial charge in [0.15, 0.2) is 0 Å². The lowest BCUT2D eigenvalue weighted by atomic mass is 10.1. The molecule has 0 atom stereocenters. The summed E-state index contributed by atoms with van der Waals surface area (Å²) in [5.74, 6) is 0.0263. The summed E-state index contributed by atoms with van der Waals surface area (Å²) in [6.07, 6.45) is 3.88. The van der Waals surface area contributed by atoms with Crippen LogP contribution in [0.15, 0.2) is 24.3 Å². The summed E-state index contributed by atoms with van der Waals surface area (Å²) in [6, 6.07) is 8.36. The van der Waals surface area contributed by atoms with E-state index in [1.807, 2.05) is 6.07 Å². The molecule has 17 heavy (non-hydrogen) atoms. The average Bonchev–Trinajstić information content (AvgIpc) is 2.38. The van der Waals surface area contributed by atoms with Crippen molar-refractivity contribution in [1.82, 2.24) is 5.32 Å². The zero-order chi connectivity index (χ0) is 12.1. The van der Waals surface area contributed by atoms with Gasteiger partial charge in [-0.15, -0.1) is 0 Å². The third-order valence-corrected chi connectivity index (χ3v) is 3.22. The van der Waals surface area contributed by atoms with Crippen LogP contribution in [0.3, 0.4) is 0 Å². The SMILES string of the molecule is CC(=O)NCc1ccccc1N1CCCCC1. The van der Waals surface area contributed by atoms with Crippen LogP contribution in [-0.2, 0) is 11.3 Å². The Hall–Kier alpha value is -1.51. The van der Waals surface area contributed by atoms with Crippen molar-refractivity contribution in [1.29, 1.82) is 0 Å². The fraction of sp³-hybridized carbons (Fsp3) is 0.500. The number of carbonyl (C=O) groups excluding carboxylic acids is 1. The zero-order valence-corrected chi connectivity index (χ0v) is 10.4. The van der Waals surface area contributed by atoms with Gasteiger partial charge in [-0.05, 0) is 30.9 Å². The van der Waals surface area contributed by atoms with Crippen molar-refractivity contribution in [3.63, 3.8) is 0 Å². The van der Waals surface area contributed by atoms with Gasteiger partial charge in [0, 0.05) is 32.2 Å². The molecule has 1 aromatic rings. The first-order chi connectivity index (χ1) is 8.27. The Morgan fingerprint density at radius 2 is 1.94 bits per heavy atom. The number of hydrogen-bond acceptors (Lipinski definition) is 2. The maximum absolute atomic E-state index is 11.0. The Morgan fingerprint density at radius 3 is 2.65 bits per heavy atom. The van der Waals surface area contributed by atoms with Gasteiger partial charge in [-0.25, -0.2) is 0 Å². The van der Waals surface area contributed by atoms with Crippen molar-refractivity contribution < 1.29 is 4.79 Å². The topological polar surface area (TPSA) is 32.3 Å². The molecule has 92 valence electrons. The lowest BCUT2D eigenvalue weighted by molar-refractivity contribution is -0.119. The number of piperidine rings is 1. The van der Waals surface area contributed by atoms with Gasteiger partial charge in [0.1, 0.15) is 0 Å². The van der Waals surface area contributed by atoms with Crippen LogP contribution in [0.25, 0.3) is 0 Å². The van der Waals surface area contributed by atoms with E-state index >= 15 is 0 Å². The van der Waals surface area contributed by atoms with E-state index in [1.165, 1.54) is 30.5 Å². The highest BCUT2D eigenvalue weighted by Crippen LogP contribution is 2.23. The van der Waals surface area contributed by atoms with Crippen LogP contribution < -0.4 is 10.2 Å². The number of benzene rings is 1. The van der Waals surface area contributed by atoms with Gasteiger partial charge in [-0.3, -0.25) is 4.79 Å². The van der Waals surface area contributed by atoms with Gasteiger partial charge in [0.2, 0.25) is 5.91 Å². The first-order valence-corrected chi connectivity index (χ1v) is 6.34. The van der Waals surface area contributed by atoms with E-state index in [-0.39, 0.29) is 5.91 Å². The molecule has 1 fully saturated rings. The van der Waals surface area contributed by atoms with Crippen molar-refractivity contribution >= 4 is 11.6 Å². The maximum Gasteiger partial charge on any atom is 0.217 e. The van der Waals surface area contributed by atoms with E-state index in [2.05, 4.69) is 28.4 Å². The van der Waals surface area contributed by atoms with Crippen molar-refractivity contribution in [2.45, 2.75) is 32.7 Å². The Balaban J connectivity index is 2.11. The standard InChI is InChI=1S/C14H20N2O/c1-12(17)15-11-13-7-3-4-8-14(13)16-9-5-2-6-10-16/h3-4,7-8H,2,5-6,9-11H2,1H3,(H,15,17). The predicted octanol–water partition coefficient (Wildman–Crippen LogP) is 2.31. The quantitative estimate of drug-likeness (QED) is 0.867. The molecule has 3 nitrogen and oxygen atoms in total. The third kappa shape index (κ3) is 3.22. The predicted molar refractivity (Wildman–Crippen MR) is 70.0 cm³/mol.